The van der Waals surface area contributed by atoms with Crippen LogP contribution in [0.15, 0.2) is 0 Å². The van der Waals surface area contributed by atoms with Crippen molar-refractivity contribution in [3.05, 3.63) is 0 Å². The van der Waals surface area contributed by atoms with Crippen LogP contribution in [0.5, 0.6) is 0 Å². The van der Waals surface area contributed by atoms with Crippen LogP contribution in [0.3, 0.4) is 0 Å². The molecule has 17 heavy (non-hydrogen) atoms. The van der Waals surface area contributed by atoms with Crippen LogP contribution in [-0.2, 0) is 15.0 Å². The lowest BCUT2D eigenvalue weighted by Gasteiger charge is -2.26. The quantitative estimate of drug-likeness (QED) is 0.739. The summed E-state index contributed by atoms with van der Waals surface area (Å²) in [7, 11) is -3.49. The number of piperidine rings is 1. The summed E-state index contributed by atoms with van der Waals surface area (Å²) in [5.74, 6) is -0.904. The number of nitrogens with zero attached hydrogens (tertiary/aromatic N) is 1. The van der Waals surface area contributed by atoms with E-state index in [0.29, 0.717) is 25.9 Å². The summed E-state index contributed by atoms with van der Waals surface area (Å²) in [6, 6.07) is 0. The molecule has 2 N–H and O–H groups in total. The lowest BCUT2D eigenvalue weighted by atomic mass is 10.1. The minimum atomic E-state index is -3.49. The molecule has 0 aromatic rings. The molecular formula is C10H18N2O4S. The largest absolute Gasteiger partial charge is 0.481 e. The van der Waals surface area contributed by atoms with E-state index in [1.54, 1.807) is 0 Å². The van der Waals surface area contributed by atoms with Gasteiger partial charge < -0.3 is 5.11 Å². The van der Waals surface area contributed by atoms with E-state index in [4.69, 9.17) is 5.11 Å². The maximum Gasteiger partial charge on any atom is 0.310 e. The first-order valence-corrected chi connectivity index (χ1v) is 7.38. The number of rotatable bonds is 5. The molecule has 1 aliphatic heterocycles. The maximum atomic E-state index is 11.9. The van der Waals surface area contributed by atoms with Gasteiger partial charge in [-0.15, -0.1) is 0 Å². The summed E-state index contributed by atoms with van der Waals surface area (Å²) in [6.45, 7) is 1.09. The normalized spacial score (nSPS) is 24.5. The Morgan fingerprint density at radius 2 is 1.82 bits per heavy atom. The molecule has 0 radical (unpaired) electrons. The van der Waals surface area contributed by atoms with E-state index >= 15 is 0 Å². The third kappa shape index (κ3) is 2.78. The number of nitrogens with one attached hydrogen (secondary N) is 1. The molecule has 2 rings (SSSR count). The Bertz CT molecular complexity index is 397. The molecule has 0 aromatic carbocycles. The van der Waals surface area contributed by atoms with Crippen molar-refractivity contribution in [3.8, 4) is 0 Å². The number of carbonyl (C=O) groups is 1. The molecule has 2 aliphatic rings. The Labute approximate surface area is 101 Å². The lowest BCUT2D eigenvalue weighted by molar-refractivity contribution is -0.143. The van der Waals surface area contributed by atoms with Gasteiger partial charge in [0, 0.05) is 19.6 Å². The smallest absolute Gasteiger partial charge is 0.310 e. The number of carboxylic acid groups (broad SMARTS) is 1. The molecule has 7 heteroatoms. The van der Waals surface area contributed by atoms with Crippen molar-refractivity contribution < 1.29 is 18.3 Å². The van der Waals surface area contributed by atoms with Gasteiger partial charge in [0.2, 0.25) is 0 Å². The SMILES string of the molecule is O=C(O)C1(CNS(=O)(=O)N2CCCCC2)CC1. The van der Waals surface area contributed by atoms with Crippen molar-refractivity contribution >= 4 is 16.2 Å². The van der Waals surface area contributed by atoms with Gasteiger partial charge in [-0.3, -0.25) is 4.79 Å². The second-order valence-electron chi connectivity index (χ2n) is 4.87. The fraction of sp³-hybridized carbons (Fsp3) is 0.900. The second kappa shape index (κ2) is 4.55. The van der Waals surface area contributed by atoms with Gasteiger partial charge in [0.15, 0.2) is 0 Å². The average molecular weight is 262 g/mol. The first-order chi connectivity index (χ1) is 7.96. The highest BCUT2D eigenvalue weighted by Gasteiger charge is 2.50. The molecule has 0 unspecified atom stereocenters. The molecule has 0 amide bonds. The van der Waals surface area contributed by atoms with Crippen LogP contribution < -0.4 is 4.72 Å². The molecule has 0 bridgehead atoms. The fourth-order valence-corrected chi connectivity index (χ4v) is 3.42. The van der Waals surface area contributed by atoms with Crippen LogP contribution in [0.25, 0.3) is 0 Å². The summed E-state index contributed by atoms with van der Waals surface area (Å²) in [5, 5.41) is 8.96. The first kappa shape index (κ1) is 12.8. The monoisotopic (exact) mass is 262 g/mol. The molecule has 0 aromatic heterocycles. The van der Waals surface area contributed by atoms with Crippen LogP contribution in [0.4, 0.5) is 0 Å². The Morgan fingerprint density at radius 1 is 1.24 bits per heavy atom. The van der Waals surface area contributed by atoms with Gasteiger partial charge in [-0.05, 0) is 25.7 Å². The van der Waals surface area contributed by atoms with E-state index < -0.39 is 21.6 Å². The van der Waals surface area contributed by atoms with Gasteiger partial charge in [-0.25, -0.2) is 4.72 Å². The molecule has 1 saturated carbocycles. The second-order valence-corrected chi connectivity index (χ2v) is 6.63. The molecule has 0 spiro atoms. The van der Waals surface area contributed by atoms with Gasteiger partial charge in [0.05, 0.1) is 5.41 Å². The Hall–Kier alpha value is -0.660. The summed E-state index contributed by atoms with van der Waals surface area (Å²) in [5.41, 5.74) is -0.844. The zero-order valence-corrected chi connectivity index (χ0v) is 10.5. The molecule has 98 valence electrons. The predicted octanol–water partition coefficient (Wildman–Crippen LogP) is 0.171. The summed E-state index contributed by atoms with van der Waals surface area (Å²) >= 11 is 0. The van der Waals surface area contributed by atoms with Crippen LogP contribution in [0.1, 0.15) is 32.1 Å². The van der Waals surface area contributed by atoms with Gasteiger partial charge in [0.25, 0.3) is 10.2 Å². The Kier molecular flexibility index (Phi) is 3.42. The van der Waals surface area contributed by atoms with Crippen LogP contribution in [0, 0.1) is 5.41 Å². The number of hydrogen-bond acceptors (Lipinski definition) is 3. The Balaban J connectivity index is 1.91. The first-order valence-electron chi connectivity index (χ1n) is 5.94. The molecule has 6 nitrogen and oxygen atoms in total. The van der Waals surface area contributed by atoms with E-state index in [-0.39, 0.29) is 6.54 Å². The minimum Gasteiger partial charge on any atom is -0.481 e. The van der Waals surface area contributed by atoms with Gasteiger partial charge in [0.1, 0.15) is 0 Å². The van der Waals surface area contributed by atoms with E-state index in [2.05, 4.69) is 4.72 Å². The topological polar surface area (TPSA) is 86.7 Å². The van der Waals surface area contributed by atoms with Gasteiger partial charge in [-0.1, -0.05) is 6.42 Å². The minimum absolute atomic E-state index is 0.0150. The van der Waals surface area contributed by atoms with Crippen molar-refractivity contribution in [3.63, 3.8) is 0 Å². The summed E-state index contributed by atoms with van der Waals surface area (Å²) in [6.07, 6.45) is 3.94. The van der Waals surface area contributed by atoms with Crippen molar-refractivity contribution in [1.29, 1.82) is 0 Å². The average Bonchev–Trinajstić information content (AvgIpc) is 3.09. The van der Waals surface area contributed by atoms with E-state index in [1.807, 2.05) is 0 Å². The van der Waals surface area contributed by atoms with E-state index in [9.17, 15) is 13.2 Å². The zero-order valence-electron chi connectivity index (χ0n) is 9.68. The molecule has 1 aliphatic carbocycles. The van der Waals surface area contributed by atoms with Crippen molar-refractivity contribution in [2.45, 2.75) is 32.1 Å². The zero-order chi connectivity index (χ0) is 12.5. The highest BCUT2D eigenvalue weighted by atomic mass is 32.2. The van der Waals surface area contributed by atoms with Gasteiger partial charge >= 0.3 is 5.97 Å². The van der Waals surface area contributed by atoms with E-state index in [0.717, 1.165) is 19.3 Å². The molecule has 1 saturated heterocycles. The predicted molar refractivity (Wildman–Crippen MR) is 61.6 cm³/mol. The van der Waals surface area contributed by atoms with Crippen LogP contribution >= 0.6 is 0 Å². The fourth-order valence-electron chi connectivity index (χ4n) is 2.04. The van der Waals surface area contributed by atoms with E-state index in [1.165, 1.54) is 4.31 Å². The van der Waals surface area contributed by atoms with Crippen molar-refractivity contribution in [1.82, 2.24) is 9.03 Å². The number of carboxylic acids is 1. The van der Waals surface area contributed by atoms with Crippen molar-refractivity contribution in [2.75, 3.05) is 19.6 Å². The highest BCUT2D eigenvalue weighted by Crippen LogP contribution is 2.45. The molecule has 1 heterocycles. The molecule has 2 fully saturated rings. The third-order valence-electron chi connectivity index (χ3n) is 3.56. The van der Waals surface area contributed by atoms with Crippen molar-refractivity contribution in [2.24, 2.45) is 5.41 Å². The summed E-state index contributed by atoms with van der Waals surface area (Å²) < 4.78 is 27.7. The molecular weight excluding hydrogens is 244 g/mol. The summed E-state index contributed by atoms with van der Waals surface area (Å²) in [4.78, 5) is 10.9. The maximum absolute atomic E-state index is 11.9. The highest BCUT2D eigenvalue weighted by molar-refractivity contribution is 7.87. The molecule has 0 atom stereocenters. The third-order valence-corrected chi connectivity index (χ3v) is 5.11. The standard InChI is InChI=1S/C10H18N2O4S/c13-9(14)10(4-5-10)8-11-17(15,16)12-6-2-1-3-7-12/h11H,1-8H2,(H,13,14). The van der Waals surface area contributed by atoms with Crippen LogP contribution in [-0.4, -0.2) is 43.4 Å². The Morgan fingerprint density at radius 3 is 2.29 bits per heavy atom. The van der Waals surface area contributed by atoms with Crippen LogP contribution in [0.2, 0.25) is 0 Å². The lowest BCUT2D eigenvalue weighted by Crippen LogP contribution is -2.46. The number of aliphatic carboxylic acids is 1. The van der Waals surface area contributed by atoms with Gasteiger partial charge in [-0.2, -0.15) is 12.7 Å². The number of hydrogen-bond donors (Lipinski definition) is 2.